The molecule has 8 aromatic carbocycles. The van der Waals surface area contributed by atoms with Gasteiger partial charge >= 0.3 is 0 Å². The lowest BCUT2D eigenvalue weighted by atomic mass is 9.70. The van der Waals surface area contributed by atoms with Gasteiger partial charge in [-0.15, -0.1) is 0 Å². The number of hydrogen-bond acceptors (Lipinski definition) is 3. The van der Waals surface area contributed by atoms with Crippen LogP contribution in [0.4, 0.5) is 0 Å². The molecule has 3 aromatic heterocycles. The van der Waals surface area contributed by atoms with Gasteiger partial charge in [0.15, 0.2) is 5.82 Å². The third-order valence-electron chi connectivity index (χ3n) is 13.3. The molecular formula is C60H38N4. The summed E-state index contributed by atoms with van der Waals surface area (Å²) in [6.07, 6.45) is 4.09. The Balaban J connectivity index is 0.966. The van der Waals surface area contributed by atoms with Gasteiger partial charge in [0, 0.05) is 45.6 Å². The van der Waals surface area contributed by atoms with Crippen LogP contribution in [0.3, 0.4) is 0 Å². The predicted molar refractivity (Wildman–Crippen MR) is 260 cm³/mol. The van der Waals surface area contributed by atoms with Gasteiger partial charge in [0.1, 0.15) is 0 Å². The monoisotopic (exact) mass is 814 g/mol. The van der Waals surface area contributed by atoms with Crippen LogP contribution in [-0.2, 0) is 5.41 Å². The van der Waals surface area contributed by atoms with Gasteiger partial charge in [-0.2, -0.15) is 0 Å². The Morgan fingerprint density at radius 3 is 1.64 bits per heavy atom. The number of fused-ring (bicyclic) bond motifs is 11. The quantitative estimate of drug-likeness (QED) is 0.168. The fourth-order valence-electron chi connectivity index (χ4n) is 10.5. The summed E-state index contributed by atoms with van der Waals surface area (Å²) in [6.45, 7) is 0. The van der Waals surface area contributed by atoms with E-state index in [-0.39, 0.29) is 0 Å². The Bertz CT molecular complexity index is 3510. The molecule has 0 fully saturated rings. The van der Waals surface area contributed by atoms with Gasteiger partial charge < -0.3 is 4.57 Å². The highest BCUT2D eigenvalue weighted by atomic mass is 15.0. The standard InChI is InChI=1S/C60H38N4/c1-3-16-39(17-4-1)54-38-55(63-59(62-54)40-18-5-2-6-19-40)45-36-43(35-44(37-45)53-27-13-14-32-61-53)41-29-30-56-42(34-41)31-33-64(56)57-28-15-26-52-58(57)48-22-9-12-25-51(48)60(52)49-23-10-7-20-46(49)47-21-8-11-24-50(47)60/h1-38H. The molecule has 0 N–H and O–H groups in total. The maximum absolute atomic E-state index is 5.22. The summed E-state index contributed by atoms with van der Waals surface area (Å²) in [5, 5.41) is 1.16. The van der Waals surface area contributed by atoms with E-state index in [0.29, 0.717) is 5.82 Å². The molecule has 4 nitrogen and oxygen atoms in total. The molecule has 1 spiro atoms. The number of hydrogen-bond donors (Lipinski definition) is 0. The van der Waals surface area contributed by atoms with Crippen molar-refractivity contribution in [1.29, 1.82) is 0 Å². The predicted octanol–water partition coefficient (Wildman–Crippen LogP) is 14.5. The van der Waals surface area contributed by atoms with E-state index in [4.69, 9.17) is 15.0 Å². The highest BCUT2D eigenvalue weighted by molar-refractivity contribution is 5.98. The van der Waals surface area contributed by atoms with Gasteiger partial charge in [0.25, 0.3) is 0 Å². The molecule has 11 aromatic rings. The lowest BCUT2D eigenvalue weighted by Gasteiger charge is -2.30. The molecule has 4 heteroatoms. The van der Waals surface area contributed by atoms with Crippen molar-refractivity contribution < 1.29 is 0 Å². The van der Waals surface area contributed by atoms with Gasteiger partial charge in [-0.1, -0.05) is 158 Å². The zero-order chi connectivity index (χ0) is 42.2. The summed E-state index contributed by atoms with van der Waals surface area (Å²) >= 11 is 0. The molecule has 0 radical (unpaired) electrons. The summed E-state index contributed by atoms with van der Waals surface area (Å²) in [7, 11) is 0. The second kappa shape index (κ2) is 14.3. The average molecular weight is 815 g/mol. The average Bonchev–Trinajstić information content (AvgIpc) is 4.04. The largest absolute Gasteiger partial charge is 0.316 e. The third-order valence-corrected chi connectivity index (χ3v) is 13.3. The van der Waals surface area contributed by atoms with Crippen LogP contribution < -0.4 is 0 Å². The van der Waals surface area contributed by atoms with Crippen molar-refractivity contribution in [3.63, 3.8) is 0 Å². The molecule has 0 bridgehead atoms. The van der Waals surface area contributed by atoms with Gasteiger partial charge in [-0.25, -0.2) is 9.97 Å². The third kappa shape index (κ3) is 5.46. The van der Waals surface area contributed by atoms with Crippen molar-refractivity contribution in [2.75, 3.05) is 0 Å². The molecule has 0 saturated carbocycles. The molecule has 0 unspecified atom stereocenters. The highest BCUT2D eigenvalue weighted by Gasteiger charge is 2.52. The Morgan fingerprint density at radius 1 is 0.359 bits per heavy atom. The second-order valence-corrected chi connectivity index (χ2v) is 16.8. The van der Waals surface area contributed by atoms with E-state index in [0.717, 1.165) is 61.4 Å². The normalized spacial score (nSPS) is 12.8. The molecule has 0 saturated heterocycles. The molecule has 0 amide bonds. The molecule has 2 aliphatic rings. The van der Waals surface area contributed by atoms with E-state index in [1.54, 1.807) is 0 Å². The lowest BCUT2D eigenvalue weighted by molar-refractivity contribution is 0.793. The smallest absolute Gasteiger partial charge is 0.160 e. The van der Waals surface area contributed by atoms with Crippen LogP contribution in [0.5, 0.6) is 0 Å². The molecule has 13 rings (SSSR count). The van der Waals surface area contributed by atoms with E-state index < -0.39 is 5.41 Å². The molecule has 298 valence electrons. The van der Waals surface area contributed by atoms with Crippen LogP contribution >= 0.6 is 0 Å². The fourth-order valence-corrected chi connectivity index (χ4v) is 10.5. The minimum atomic E-state index is -0.394. The van der Waals surface area contributed by atoms with Crippen LogP contribution in [0, 0.1) is 0 Å². The van der Waals surface area contributed by atoms with E-state index in [9.17, 15) is 0 Å². The Hall–Kier alpha value is -8.47. The summed E-state index contributed by atoms with van der Waals surface area (Å²) in [5.41, 5.74) is 21.4. The first-order chi connectivity index (χ1) is 31.7. The van der Waals surface area contributed by atoms with Crippen LogP contribution in [0.25, 0.3) is 95.1 Å². The van der Waals surface area contributed by atoms with Crippen molar-refractivity contribution in [1.82, 2.24) is 19.5 Å². The van der Waals surface area contributed by atoms with E-state index in [1.807, 2.05) is 42.6 Å². The SMILES string of the molecule is c1ccc(-c2cc(-c3cc(-c4ccc5c(ccn5-c5cccc6c5-c5ccccc5C65c6ccccc6-c6ccccc65)c4)cc(-c4ccccn4)c3)nc(-c3ccccc3)n2)cc1. The molecule has 3 heterocycles. The Kier molecular flexibility index (Phi) is 8.09. The topological polar surface area (TPSA) is 43.6 Å². The van der Waals surface area contributed by atoms with Crippen molar-refractivity contribution in [2.24, 2.45) is 0 Å². The zero-order valence-corrected chi connectivity index (χ0v) is 34.7. The van der Waals surface area contributed by atoms with E-state index in [1.165, 1.54) is 50.2 Å². The second-order valence-electron chi connectivity index (χ2n) is 16.8. The number of aromatic nitrogens is 4. The van der Waals surface area contributed by atoms with Crippen molar-refractivity contribution in [2.45, 2.75) is 5.41 Å². The van der Waals surface area contributed by atoms with Crippen LogP contribution in [0.2, 0.25) is 0 Å². The van der Waals surface area contributed by atoms with Crippen molar-refractivity contribution in [3.05, 3.63) is 253 Å². The van der Waals surface area contributed by atoms with Crippen LogP contribution in [0.1, 0.15) is 22.3 Å². The van der Waals surface area contributed by atoms with Gasteiger partial charge in [0.05, 0.1) is 33.7 Å². The number of benzene rings is 8. The number of rotatable bonds is 6. The van der Waals surface area contributed by atoms with Gasteiger partial charge in [-0.3, -0.25) is 4.98 Å². The van der Waals surface area contributed by atoms with Crippen molar-refractivity contribution in [3.8, 4) is 84.2 Å². The van der Waals surface area contributed by atoms with Gasteiger partial charge in [-0.05, 0) is 111 Å². The number of pyridine rings is 1. The van der Waals surface area contributed by atoms with Crippen LogP contribution in [0.15, 0.2) is 231 Å². The maximum atomic E-state index is 5.22. The molecule has 0 aliphatic heterocycles. The van der Waals surface area contributed by atoms with E-state index >= 15 is 0 Å². The Labute approximate surface area is 371 Å². The van der Waals surface area contributed by atoms with Gasteiger partial charge in [0.2, 0.25) is 0 Å². The van der Waals surface area contributed by atoms with Crippen LogP contribution in [-0.4, -0.2) is 19.5 Å². The fraction of sp³-hybridized carbons (Fsp3) is 0.0167. The molecule has 64 heavy (non-hydrogen) atoms. The first-order valence-corrected chi connectivity index (χ1v) is 21.8. The number of nitrogens with zero attached hydrogens (tertiary/aromatic N) is 4. The first kappa shape index (κ1) is 36.2. The lowest BCUT2D eigenvalue weighted by Crippen LogP contribution is -2.25. The maximum Gasteiger partial charge on any atom is 0.160 e. The molecular weight excluding hydrogens is 777 g/mol. The summed E-state index contributed by atoms with van der Waals surface area (Å²) in [5.74, 6) is 0.687. The summed E-state index contributed by atoms with van der Waals surface area (Å²) in [4.78, 5) is 15.1. The first-order valence-electron chi connectivity index (χ1n) is 21.8. The summed E-state index contributed by atoms with van der Waals surface area (Å²) in [6, 6.07) is 78.5. The Morgan fingerprint density at radius 2 is 0.938 bits per heavy atom. The molecule has 0 atom stereocenters. The zero-order valence-electron chi connectivity index (χ0n) is 34.7. The molecule has 2 aliphatic carbocycles. The van der Waals surface area contributed by atoms with Crippen molar-refractivity contribution >= 4 is 10.9 Å². The minimum Gasteiger partial charge on any atom is -0.316 e. The highest BCUT2D eigenvalue weighted by Crippen LogP contribution is 2.63. The minimum absolute atomic E-state index is 0.394. The summed E-state index contributed by atoms with van der Waals surface area (Å²) < 4.78 is 2.38. The van der Waals surface area contributed by atoms with E-state index in [2.05, 4.69) is 193 Å².